The average Bonchev–Trinajstić information content (AvgIpc) is 2.72. The highest BCUT2D eigenvalue weighted by Gasteiger charge is 2.23. The summed E-state index contributed by atoms with van der Waals surface area (Å²) in [6.07, 6.45) is 0. The topological polar surface area (TPSA) is 59.1 Å². The Hall–Kier alpha value is -3.02. The van der Waals surface area contributed by atoms with Crippen molar-refractivity contribution in [3.05, 3.63) is 53.6 Å². The van der Waals surface area contributed by atoms with Gasteiger partial charge in [-0.15, -0.1) is 0 Å². The summed E-state index contributed by atoms with van der Waals surface area (Å²) in [6.45, 7) is 4.34. The van der Waals surface area contributed by atoms with E-state index in [0.717, 1.165) is 18.8 Å². The second-order valence-electron chi connectivity index (χ2n) is 6.45. The fourth-order valence-corrected chi connectivity index (χ4v) is 3.23. The van der Waals surface area contributed by atoms with Crippen molar-refractivity contribution in [1.29, 1.82) is 0 Å². The van der Waals surface area contributed by atoms with Crippen molar-refractivity contribution in [3.8, 4) is 11.5 Å². The van der Waals surface area contributed by atoms with E-state index in [1.54, 1.807) is 39.3 Å². The van der Waals surface area contributed by atoms with Crippen LogP contribution in [0.2, 0.25) is 0 Å². The van der Waals surface area contributed by atoms with E-state index in [2.05, 4.69) is 4.90 Å². The Morgan fingerprint density at radius 2 is 1.41 bits per heavy atom. The number of hydrogen-bond donors (Lipinski definition) is 0. The van der Waals surface area contributed by atoms with Gasteiger partial charge in [0.2, 0.25) is 0 Å². The van der Waals surface area contributed by atoms with Gasteiger partial charge in [-0.25, -0.2) is 0 Å². The van der Waals surface area contributed by atoms with Crippen LogP contribution in [0.15, 0.2) is 42.5 Å². The normalized spacial score (nSPS) is 14.0. The summed E-state index contributed by atoms with van der Waals surface area (Å²) in [5.74, 6) is 1.20. The molecule has 27 heavy (non-hydrogen) atoms. The van der Waals surface area contributed by atoms with Crippen LogP contribution in [0.1, 0.15) is 27.6 Å². The van der Waals surface area contributed by atoms with E-state index in [0.29, 0.717) is 35.7 Å². The molecule has 6 nitrogen and oxygen atoms in total. The van der Waals surface area contributed by atoms with Crippen molar-refractivity contribution in [1.82, 2.24) is 4.90 Å². The number of amides is 1. The molecule has 0 atom stereocenters. The Labute approximate surface area is 159 Å². The van der Waals surface area contributed by atoms with Crippen LogP contribution >= 0.6 is 0 Å². The second-order valence-corrected chi connectivity index (χ2v) is 6.45. The number of hydrogen-bond acceptors (Lipinski definition) is 5. The molecule has 1 amide bonds. The summed E-state index contributed by atoms with van der Waals surface area (Å²) < 4.78 is 10.5. The standard InChI is InChI=1S/C21H24N2O4/c1-15(24)16-4-7-18(8-5-16)22-10-12-23(13-11-22)21(25)17-6-9-19(26-2)20(14-17)27-3/h4-9,14H,10-13H2,1-3H3. The lowest BCUT2D eigenvalue weighted by Crippen LogP contribution is -2.48. The molecule has 0 bridgehead atoms. The van der Waals surface area contributed by atoms with Crippen molar-refractivity contribution in [3.63, 3.8) is 0 Å². The van der Waals surface area contributed by atoms with Gasteiger partial charge in [-0.05, 0) is 49.4 Å². The molecule has 1 heterocycles. The number of Topliss-reactive ketones (excluding diaryl/α,β-unsaturated/α-hetero) is 1. The molecular weight excluding hydrogens is 344 g/mol. The smallest absolute Gasteiger partial charge is 0.254 e. The third-order valence-electron chi connectivity index (χ3n) is 4.84. The zero-order valence-corrected chi connectivity index (χ0v) is 15.9. The van der Waals surface area contributed by atoms with Crippen LogP contribution in [-0.4, -0.2) is 57.0 Å². The van der Waals surface area contributed by atoms with Gasteiger partial charge in [0, 0.05) is 43.0 Å². The van der Waals surface area contributed by atoms with Crippen LogP contribution in [0.3, 0.4) is 0 Å². The first-order chi connectivity index (χ1) is 13.0. The summed E-state index contributed by atoms with van der Waals surface area (Å²) in [7, 11) is 3.13. The summed E-state index contributed by atoms with van der Waals surface area (Å²) in [6, 6.07) is 12.8. The summed E-state index contributed by atoms with van der Waals surface area (Å²) in [4.78, 5) is 28.3. The minimum absolute atomic E-state index is 0.0115. The molecule has 6 heteroatoms. The lowest BCUT2D eigenvalue weighted by Gasteiger charge is -2.36. The van der Waals surface area contributed by atoms with Crippen LogP contribution in [-0.2, 0) is 0 Å². The monoisotopic (exact) mass is 368 g/mol. The van der Waals surface area contributed by atoms with Crippen molar-refractivity contribution in [2.75, 3.05) is 45.3 Å². The van der Waals surface area contributed by atoms with Crippen LogP contribution in [0.4, 0.5) is 5.69 Å². The van der Waals surface area contributed by atoms with Gasteiger partial charge in [-0.3, -0.25) is 9.59 Å². The molecule has 0 spiro atoms. The van der Waals surface area contributed by atoms with E-state index >= 15 is 0 Å². The first kappa shape index (κ1) is 18.8. The van der Waals surface area contributed by atoms with Crippen molar-refractivity contribution >= 4 is 17.4 Å². The molecule has 142 valence electrons. The molecule has 1 aliphatic rings. The molecule has 2 aromatic carbocycles. The third-order valence-corrected chi connectivity index (χ3v) is 4.84. The molecule has 1 aliphatic heterocycles. The molecule has 0 N–H and O–H groups in total. The van der Waals surface area contributed by atoms with Crippen LogP contribution < -0.4 is 14.4 Å². The van der Waals surface area contributed by atoms with Gasteiger partial charge in [-0.2, -0.15) is 0 Å². The molecule has 0 aromatic heterocycles. The maximum absolute atomic E-state index is 12.8. The minimum Gasteiger partial charge on any atom is -0.493 e. The molecule has 2 aromatic rings. The number of piperazine rings is 1. The van der Waals surface area contributed by atoms with Crippen LogP contribution in [0.25, 0.3) is 0 Å². The highest BCUT2D eigenvalue weighted by molar-refractivity contribution is 5.95. The number of ketones is 1. The molecule has 1 fully saturated rings. The van der Waals surface area contributed by atoms with Gasteiger partial charge >= 0.3 is 0 Å². The Bertz CT molecular complexity index is 825. The van der Waals surface area contributed by atoms with Gasteiger partial charge < -0.3 is 19.3 Å². The van der Waals surface area contributed by atoms with E-state index in [9.17, 15) is 9.59 Å². The SMILES string of the molecule is COc1ccc(C(=O)N2CCN(c3ccc(C(C)=O)cc3)CC2)cc1OC. The molecule has 0 radical (unpaired) electrons. The van der Waals surface area contributed by atoms with Crippen molar-refractivity contribution in [2.24, 2.45) is 0 Å². The number of ether oxygens (including phenoxy) is 2. The molecule has 0 aliphatic carbocycles. The lowest BCUT2D eigenvalue weighted by atomic mass is 10.1. The number of rotatable bonds is 5. The lowest BCUT2D eigenvalue weighted by molar-refractivity contribution is 0.0746. The molecular formula is C21H24N2O4. The van der Waals surface area contributed by atoms with Crippen LogP contribution in [0, 0.1) is 0 Å². The van der Waals surface area contributed by atoms with Gasteiger partial charge in [0.1, 0.15) is 0 Å². The molecule has 0 unspecified atom stereocenters. The fraction of sp³-hybridized carbons (Fsp3) is 0.333. The summed E-state index contributed by atoms with van der Waals surface area (Å²) in [5.41, 5.74) is 2.37. The first-order valence-corrected chi connectivity index (χ1v) is 8.90. The molecule has 0 saturated carbocycles. The summed E-state index contributed by atoms with van der Waals surface area (Å²) in [5, 5.41) is 0. The fourth-order valence-electron chi connectivity index (χ4n) is 3.23. The Morgan fingerprint density at radius 3 is 1.96 bits per heavy atom. The third kappa shape index (κ3) is 4.05. The number of nitrogens with zero attached hydrogens (tertiary/aromatic N) is 2. The first-order valence-electron chi connectivity index (χ1n) is 8.90. The Balaban J connectivity index is 1.64. The zero-order valence-electron chi connectivity index (χ0n) is 15.9. The Morgan fingerprint density at radius 1 is 0.815 bits per heavy atom. The van der Waals surface area contributed by atoms with E-state index in [1.807, 2.05) is 29.2 Å². The van der Waals surface area contributed by atoms with Gasteiger partial charge in [0.15, 0.2) is 17.3 Å². The quantitative estimate of drug-likeness (QED) is 0.760. The minimum atomic E-state index is -0.0115. The number of carbonyl (C=O) groups excluding carboxylic acids is 2. The molecule has 3 rings (SSSR count). The number of carbonyl (C=O) groups is 2. The highest BCUT2D eigenvalue weighted by Crippen LogP contribution is 2.28. The molecule has 1 saturated heterocycles. The summed E-state index contributed by atoms with van der Waals surface area (Å²) >= 11 is 0. The van der Waals surface area contributed by atoms with E-state index in [4.69, 9.17) is 9.47 Å². The maximum Gasteiger partial charge on any atom is 0.254 e. The Kier molecular flexibility index (Phi) is 5.64. The average molecular weight is 368 g/mol. The van der Waals surface area contributed by atoms with Gasteiger partial charge in [0.25, 0.3) is 5.91 Å². The highest BCUT2D eigenvalue weighted by atomic mass is 16.5. The predicted molar refractivity (Wildman–Crippen MR) is 104 cm³/mol. The second kappa shape index (κ2) is 8.12. The van der Waals surface area contributed by atoms with E-state index in [-0.39, 0.29) is 11.7 Å². The van der Waals surface area contributed by atoms with Gasteiger partial charge in [-0.1, -0.05) is 0 Å². The van der Waals surface area contributed by atoms with E-state index in [1.165, 1.54) is 0 Å². The number of methoxy groups -OCH3 is 2. The number of benzene rings is 2. The van der Waals surface area contributed by atoms with Crippen LogP contribution in [0.5, 0.6) is 11.5 Å². The zero-order chi connectivity index (χ0) is 19.4. The number of anilines is 1. The predicted octanol–water partition coefficient (Wildman–Crippen LogP) is 2.87. The van der Waals surface area contributed by atoms with E-state index < -0.39 is 0 Å². The van der Waals surface area contributed by atoms with Gasteiger partial charge in [0.05, 0.1) is 14.2 Å². The van der Waals surface area contributed by atoms with Crippen molar-refractivity contribution in [2.45, 2.75) is 6.92 Å². The maximum atomic E-state index is 12.8. The largest absolute Gasteiger partial charge is 0.493 e. The van der Waals surface area contributed by atoms with Crippen molar-refractivity contribution < 1.29 is 19.1 Å².